The molecule has 1 fully saturated rings. The van der Waals surface area contributed by atoms with Gasteiger partial charge in [0.1, 0.15) is 5.03 Å². The van der Waals surface area contributed by atoms with Gasteiger partial charge in [-0.2, -0.15) is 0 Å². The van der Waals surface area contributed by atoms with E-state index in [0.717, 1.165) is 46.3 Å². The quantitative estimate of drug-likeness (QED) is 0.622. The molecule has 0 unspecified atom stereocenters. The highest BCUT2D eigenvalue weighted by Gasteiger charge is 2.29. The van der Waals surface area contributed by atoms with E-state index in [1.54, 1.807) is 11.8 Å². The molecule has 0 radical (unpaired) electrons. The zero-order chi connectivity index (χ0) is 19.3. The Morgan fingerprint density at radius 2 is 1.82 bits per heavy atom. The summed E-state index contributed by atoms with van der Waals surface area (Å²) in [6.07, 6.45) is 3.98. The molecule has 1 N–H and O–H groups in total. The summed E-state index contributed by atoms with van der Waals surface area (Å²) in [5.41, 5.74) is 3.31. The first-order chi connectivity index (χ1) is 13.7. The number of benzene rings is 2. The van der Waals surface area contributed by atoms with Gasteiger partial charge in [0.15, 0.2) is 0 Å². The Balaban J connectivity index is 1.71. The zero-order valence-corrected chi connectivity index (χ0v) is 16.7. The van der Waals surface area contributed by atoms with E-state index in [4.69, 9.17) is 9.72 Å². The van der Waals surface area contributed by atoms with E-state index in [1.165, 1.54) is 13.5 Å². The number of alkyl carbamates (subject to hydrolysis) is 1. The van der Waals surface area contributed by atoms with Gasteiger partial charge < -0.3 is 10.1 Å². The molecule has 0 spiro atoms. The van der Waals surface area contributed by atoms with E-state index in [0.29, 0.717) is 0 Å². The third kappa shape index (κ3) is 4.14. The van der Waals surface area contributed by atoms with E-state index in [-0.39, 0.29) is 17.4 Å². The van der Waals surface area contributed by atoms with Crippen LogP contribution in [0.25, 0.3) is 22.0 Å². The molecule has 1 amide bonds. The molecule has 144 valence electrons. The second-order valence-electron chi connectivity index (χ2n) is 7.08. The molecule has 1 heterocycles. The Labute approximate surface area is 169 Å². The van der Waals surface area contributed by atoms with Crippen LogP contribution in [0.2, 0.25) is 0 Å². The van der Waals surface area contributed by atoms with E-state index in [9.17, 15) is 4.79 Å². The van der Waals surface area contributed by atoms with Gasteiger partial charge in [0.2, 0.25) is 0 Å². The fourth-order valence-electron chi connectivity index (χ4n) is 3.77. The molecular weight excluding hydrogens is 368 g/mol. The number of thioether (sulfide) groups is 1. The van der Waals surface area contributed by atoms with Crippen molar-refractivity contribution >= 4 is 28.8 Å². The van der Waals surface area contributed by atoms with E-state index < -0.39 is 0 Å². The summed E-state index contributed by atoms with van der Waals surface area (Å²) in [6.45, 7) is 0. The van der Waals surface area contributed by atoms with Crippen molar-refractivity contribution in [2.45, 2.75) is 42.0 Å². The van der Waals surface area contributed by atoms with Crippen LogP contribution in [0.4, 0.5) is 4.79 Å². The number of carbonyl (C=O) groups is 1. The number of fused-ring (bicyclic) bond motifs is 1. The molecule has 4 rings (SSSR count). The molecule has 1 aliphatic rings. The van der Waals surface area contributed by atoms with Gasteiger partial charge in [-0.1, -0.05) is 61.4 Å². The number of amides is 1. The predicted octanol–water partition coefficient (Wildman–Crippen LogP) is 5.66. The SMILES string of the molecule is COC(=O)N[C@H]1CCCC[C@H]1Sc1nc2ccccc2cc1-c1ccccc1. The highest BCUT2D eigenvalue weighted by Crippen LogP contribution is 2.39. The molecule has 0 bridgehead atoms. The van der Waals surface area contributed by atoms with Crippen molar-refractivity contribution in [1.29, 1.82) is 0 Å². The van der Waals surface area contributed by atoms with Crippen molar-refractivity contribution in [3.05, 3.63) is 60.7 Å². The second-order valence-corrected chi connectivity index (χ2v) is 8.31. The van der Waals surface area contributed by atoms with Crippen LogP contribution < -0.4 is 5.32 Å². The Morgan fingerprint density at radius 1 is 1.07 bits per heavy atom. The molecule has 0 aliphatic heterocycles. The van der Waals surface area contributed by atoms with Crippen LogP contribution in [0.1, 0.15) is 25.7 Å². The smallest absolute Gasteiger partial charge is 0.407 e. The standard InChI is InChI=1S/C23H24N2O2S/c1-27-23(26)25-20-13-7-8-14-21(20)28-22-18(16-9-3-2-4-10-16)15-17-11-5-6-12-19(17)24-22/h2-6,9-12,15,20-21H,7-8,13-14H2,1H3,(H,25,26)/t20-,21+/m0/s1. The maximum atomic E-state index is 11.8. The number of rotatable bonds is 4. The van der Waals surface area contributed by atoms with Crippen molar-refractivity contribution < 1.29 is 9.53 Å². The molecule has 28 heavy (non-hydrogen) atoms. The van der Waals surface area contributed by atoms with Gasteiger partial charge in [-0.05, 0) is 30.5 Å². The predicted molar refractivity (Wildman–Crippen MR) is 115 cm³/mol. The maximum Gasteiger partial charge on any atom is 0.407 e. The Bertz CT molecular complexity index is 961. The maximum absolute atomic E-state index is 11.8. The van der Waals surface area contributed by atoms with Crippen LogP contribution in [-0.2, 0) is 4.74 Å². The fraction of sp³-hybridized carbons (Fsp3) is 0.304. The van der Waals surface area contributed by atoms with Gasteiger partial charge in [-0.15, -0.1) is 11.8 Å². The van der Waals surface area contributed by atoms with E-state index in [1.807, 2.05) is 18.2 Å². The minimum Gasteiger partial charge on any atom is -0.453 e. The summed E-state index contributed by atoms with van der Waals surface area (Å²) in [5.74, 6) is 0. The number of pyridine rings is 1. The molecule has 4 nitrogen and oxygen atoms in total. The average molecular weight is 393 g/mol. The average Bonchev–Trinajstić information content (AvgIpc) is 2.75. The largest absolute Gasteiger partial charge is 0.453 e. The van der Waals surface area contributed by atoms with Gasteiger partial charge >= 0.3 is 6.09 Å². The number of para-hydroxylation sites is 1. The van der Waals surface area contributed by atoms with Crippen LogP contribution >= 0.6 is 11.8 Å². The van der Waals surface area contributed by atoms with Crippen LogP contribution in [-0.4, -0.2) is 29.5 Å². The molecule has 1 saturated carbocycles. The van der Waals surface area contributed by atoms with Crippen molar-refractivity contribution in [3.8, 4) is 11.1 Å². The number of carbonyl (C=O) groups excluding carboxylic acids is 1. The summed E-state index contributed by atoms with van der Waals surface area (Å²) in [4.78, 5) is 16.8. The topological polar surface area (TPSA) is 51.2 Å². The number of hydrogen-bond acceptors (Lipinski definition) is 4. The van der Waals surface area contributed by atoms with Gasteiger partial charge in [0, 0.05) is 22.2 Å². The molecular formula is C23H24N2O2S. The highest BCUT2D eigenvalue weighted by atomic mass is 32.2. The van der Waals surface area contributed by atoms with Gasteiger partial charge in [-0.3, -0.25) is 0 Å². The van der Waals surface area contributed by atoms with Gasteiger partial charge in [0.05, 0.1) is 12.6 Å². The third-order valence-electron chi connectivity index (χ3n) is 5.23. The third-order valence-corrected chi connectivity index (χ3v) is 6.63. The molecule has 2 aromatic carbocycles. The normalized spacial score (nSPS) is 19.3. The monoisotopic (exact) mass is 392 g/mol. The number of methoxy groups -OCH3 is 1. The number of ether oxygens (including phenoxy) is 1. The van der Waals surface area contributed by atoms with Gasteiger partial charge in [0.25, 0.3) is 0 Å². The lowest BCUT2D eigenvalue weighted by Crippen LogP contribution is -2.43. The first-order valence-corrected chi connectivity index (χ1v) is 10.6. The molecule has 5 heteroatoms. The number of hydrogen-bond donors (Lipinski definition) is 1. The molecule has 0 saturated heterocycles. The Kier molecular flexibility index (Phi) is 5.81. The van der Waals surface area contributed by atoms with Crippen LogP contribution in [0, 0.1) is 0 Å². The van der Waals surface area contributed by atoms with Crippen molar-refractivity contribution in [2.24, 2.45) is 0 Å². The second kappa shape index (κ2) is 8.65. The summed E-state index contributed by atoms with van der Waals surface area (Å²) in [6, 6.07) is 20.9. The molecule has 2 atom stereocenters. The number of aromatic nitrogens is 1. The van der Waals surface area contributed by atoms with Gasteiger partial charge in [-0.25, -0.2) is 9.78 Å². The minimum atomic E-state index is -0.354. The number of nitrogens with one attached hydrogen (secondary N) is 1. The summed E-state index contributed by atoms with van der Waals surface area (Å²) < 4.78 is 4.83. The zero-order valence-electron chi connectivity index (χ0n) is 15.9. The molecule has 1 aliphatic carbocycles. The van der Waals surface area contributed by atoms with Crippen LogP contribution in [0.3, 0.4) is 0 Å². The van der Waals surface area contributed by atoms with Crippen LogP contribution in [0.15, 0.2) is 65.7 Å². The van der Waals surface area contributed by atoms with Crippen molar-refractivity contribution in [1.82, 2.24) is 10.3 Å². The van der Waals surface area contributed by atoms with E-state index >= 15 is 0 Å². The summed E-state index contributed by atoms with van der Waals surface area (Å²) in [5, 5.41) is 5.47. The lowest BCUT2D eigenvalue weighted by atomic mass is 9.95. The lowest BCUT2D eigenvalue weighted by molar-refractivity contribution is 0.163. The fourth-order valence-corrected chi connectivity index (χ4v) is 5.16. The van der Waals surface area contributed by atoms with Crippen molar-refractivity contribution in [3.63, 3.8) is 0 Å². The first-order valence-electron chi connectivity index (χ1n) is 9.71. The summed E-state index contributed by atoms with van der Waals surface area (Å²) >= 11 is 1.78. The minimum absolute atomic E-state index is 0.100. The lowest BCUT2D eigenvalue weighted by Gasteiger charge is -2.31. The van der Waals surface area contributed by atoms with Crippen LogP contribution in [0.5, 0.6) is 0 Å². The highest BCUT2D eigenvalue weighted by molar-refractivity contribution is 8.00. The van der Waals surface area contributed by atoms with Crippen molar-refractivity contribution in [2.75, 3.05) is 7.11 Å². The first kappa shape index (κ1) is 18.8. The Morgan fingerprint density at radius 3 is 2.64 bits per heavy atom. The van der Waals surface area contributed by atoms with E-state index in [2.05, 4.69) is 47.8 Å². The number of nitrogens with zero attached hydrogens (tertiary/aromatic N) is 1. The molecule has 1 aromatic heterocycles. The summed E-state index contributed by atoms with van der Waals surface area (Å²) in [7, 11) is 1.42. The molecule has 3 aromatic rings. The Hall–Kier alpha value is -2.53.